The summed E-state index contributed by atoms with van der Waals surface area (Å²) >= 11 is 0. The predicted octanol–water partition coefficient (Wildman–Crippen LogP) is 3.49. The highest BCUT2D eigenvalue weighted by molar-refractivity contribution is 5.52. The van der Waals surface area contributed by atoms with Crippen molar-refractivity contribution < 1.29 is 0 Å². The summed E-state index contributed by atoms with van der Waals surface area (Å²) in [6.45, 7) is 10.8. The average molecular weight is 283 g/mol. The molecule has 0 fully saturated rings. The van der Waals surface area contributed by atoms with Crippen LogP contribution in [0.25, 0.3) is 0 Å². The molecule has 0 unspecified atom stereocenters. The van der Waals surface area contributed by atoms with E-state index in [2.05, 4.69) is 56.0 Å². The largest absolute Gasteiger partial charge is 0.352 e. The summed E-state index contributed by atoms with van der Waals surface area (Å²) in [5, 5.41) is 0. The van der Waals surface area contributed by atoms with Gasteiger partial charge in [-0.25, -0.2) is 4.98 Å². The molecule has 0 aliphatic heterocycles. The fourth-order valence-corrected chi connectivity index (χ4v) is 2.69. The third-order valence-electron chi connectivity index (χ3n) is 3.96. The first-order valence-electron chi connectivity index (χ1n) is 7.53. The summed E-state index contributed by atoms with van der Waals surface area (Å²) in [4.78, 5) is 7.06. The Bertz CT molecular complexity index is 620. The van der Waals surface area contributed by atoms with E-state index in [9.17, 15) is 0 Å². The number of pyridine rings is 1. The van der Waals surface area contributed by atoms with Gasteiger partial charge in [-0.1, -0.05) is 24.3 Å². The van der Waals surface area contributed by atoms with Gasteiger partial charge in [0.15, 0.2) is 0 Å². The quantitative estimate of drug-likeness (QED) is 0.913. The second-order valence-corrected chi connectivity index (χ2v) is 5.53. The lowest BCUT2D eigenvalue weighted by atomic mass is 10.1. The Morgan fingerprint density at radius 3 is 2.43 bits per heavy atom. The van der Waals surface area contributed by atoms with Gasteiger partial charge in [-0.3, -0.25) is 0 Å². The average Bonchev–Trinajstić information content (AvgIpc) is 2.45. The molecular formula is C18H25N3. The van der Waals surface area contributed by atoms with Gasteiger partial charge in [0.05, 0.1) is 0 Å². The first-order chi connectivity index (χ1) is 10.1. The standard InChI is InChI=1S/C18H25N3/c1-5-21(12-16-9-7-6-8-13(16)2)18-17(11-19)14(3)10-15(4)20-18/h6-10H,5,11-12,19H2,1-4H3. The number of anilines is 1. The zero-order valence-electron chi connectivity index (χ0n) is 13.5. The van der Waals surface area contributed by atoms with E-state index in [0.717, 1.165) is 30.2 Å². The molecule has 0 bridgehead atoms. The molecular weight excluding hydrogens is 258 g/mol. The van der Waals surface area contributed by atoms with Gasteiger partial charge in [0.2, 0.25) is 0 Å². The predicted molar refractivity (Wildman–Crippen MR) is 89.5 cm³/mol. The highest BCUT2D eigenvalue weighted by Crippen LogP contribution is 2.24. The number of hydrogen-bond acceptors (Lipinski definition) is 3. The molecule has 1 heterocycles. The van der Waals surface area contributed by atoms with Crippen LogP contribution in [-0.4, -0.2) is 11.5 Å². The molecule has 2 aromatic rings. The van der Waals surface area contributed by atoms with Gasteiger partial charge in [-0.15, -0.1) is 0 Å². The zero-order chi connectivity index (χ0) is 15.4. The van der Waals surface area contributed by atoms with Gasteiger partial charge in [-0.2, -0.15) is 0 Å². The monoisotopic (exact) mass is 283 g/mol. The van der Waals surface area contributed by atoms with Crippen molar-refractivity contribution in [3.63, 3.8) is 0 Å². The Hall–Kier alpha value is -1.87. The van der Waals surface area contributed by atoms with Crippen molar-refractivity contribution in [3.05, 3.63) is 58.3 Å². The SMILES string of the molecule is CCN(Cc1ccccc1C)c1nc(C)cc(C)c1CN. The van der Waals surface area contributed by atoms with Crippen LogP contribution in [0.3, 0.4) is 0 Å². The third kappa shape index (κ3) is 3.42. The Balaban J connectivity index is 2.40. The summed E-state index contributed by atoms with van der Waals surface area (Å²) in [7, 11) is 0. The number of aromatic nitrogens is 1. The molecule has 0 amide bonds. The van der Waals surface area contributed by atoms with Crippen molar-refractivity contribution in [1.82, 2.24) is 4.98 Å². The molecule has 0 saturated heterocycles. The Morgan fingerprint density at radius 2 is 1.81 bits per heavy atom. The van der Waals surface area contributed by atoms with Crippen molar-refractivity contribution >= 4 is 5.82 Å². The van der Waals surface area contributed by atoms with Gasteiger partial charge < -0.3 is 10.6 Å². The van der Waals surface area contributed by atoms with E-state index in [4.69, 9.17) is 10.7 Å². The van der Waals surface area contributed by atoms with Crippen LogP contribution in [0.15, 0.2) is 30.3 Å². The maximum atomic E-state index is 5.95. The number of aryl methyl sites for hydroxylation is 3. The van der Waals surface area contributed by atoms with Crippen molar-refractivity contribution in [3.8, 4) is 0 Å². The molecule has 0 radical (unpaired) electrons. The second kappa shape index (κ2) is 6.72. The molecule has 0 saturated carbocycles. The highest BCUT2D eigenvalue weighted by atomic mass is 15.2. The van der Waals surface area contributed by atoms with Gasteiger partial charge >= 0.3 is 0 Å². The third-order valence-corrected chi connectivity index (χ3v) is 3.96. The summed E-state index contributed by atoms with van der Waals surface area (Å²) in [6, 6.07) is 10.6. The lowest BCUT2D eigenvalue weighted by Crippen LogP contribution is -2.26. The second-order valence-electron chi connectivity index (χ2n) is 5.53. The van der Waals surface area contributed by atoms with E-state index in [1.165, 1.54) is 16.7 Å². The van der Waals surface area contributed by atoms with Crippen LogP contribution >= 0.6 is 0 Å². The molecule has 3 heteroatoms. The molecule has 112 valence electrons. The lowest BCUT2D eigenvalue weighted by molar-refractivity contribution is 0.792. The molecule has 0 spiro atoms. The number of nitrogens with two attached hydrogens (primary N) is 1. The lowest BCUT2D eigenvalue weighted by Gasteiger charge is -2.26. The molecule has 1 aromatic carbocycles. The molecule has 0 aliphatic rings. The summed E-state index contributed by atoms with van der Waals surface area (Å²) in [6.07, 6.45) is 0. The highest BCUT2D eigenvalue weighted by Gasteiger charge is 2.14. The normalized spacial score (nSPS) is 10.7. The number of rotatable bonds is 5. The van der Waals surface area contributed by atoms with Crippen molar-refractivity contribution in [2.45, 2.75) is 40.8 Å². The topological polar surface area (TPSA) is 42.2 Å². The van der Waals surface area contributed by atoms with Gasteiger partial charge in [-0.05, 0) is 50.5 Å². The van der Waals surface area contributed by atoms with Crippen LogP contribution in [0.5, 0.6) is 0 Å². The van der Waals surface area contributed by atoms with E-state index >= 15 is 0 Å². The maximum Gasteiger partial charge on any atom is 0.133 e. The Morgan fingerprint density at radius 1 is 1.10 bits per heavy atom. The fourth-order valence-electron chi connectivity index (χ4n) is 2.69. The van der Waals surface area contributed by atoms with E-state index in [0.29, 0.717) is 6.54 Å². The van der Waals surface area contributed by atoms with Crippen LogP contribution in [0.2, 0.25) is 0 Å². The van der Waals surface area contributed by atoms with Crippen molar-refractivity contribution in [1.29, 1.82) is 0 Å². The van der Waals surface area contributed by atoms with Crippen molar-refractivity contribution in [2.24, 2.45) is 5.73 Å². The van der Waals surface area contributed by atoms with E-state index in [1.807, 2.05) is 6.92 Å². The van der Waals surface area contributed by atoms with E-state index in [-0.39, 0.29) is 0 Å². The summed E-state index contributed by atoms with van der Waals surface area (Å²) in [5.74, 6) is 1.03. The molecule has 2 N–H and O–H groups in total. The maximum absolute atomic E-state index is 5.95. The number of nitrogens with zero attached hydrogens (tertiary/aromatic N) is 2. The van der Waals surface area contributed by atoms with E-state index in [1.54, 1.807) is 0 Å². The van der Waals surface area contributed by atoms with Gasteiger partial charge in [0.1, 0.15) is 5.82 Å². The Kier molecular flexibility index (Phi) is 4.97. The van der Waals surface area contributed by atoms with Crippen LogP contribution in [0.4, 0.5) is 5.82 Å². The van der Waals surface area contributed by atoms with Crippen molar-refractivity contribution in [2.75, 3.05) is 11.4 Å². The van der Waals surface area contributed by atoms with E-state index < -0.39 is 0 Å². The molecule has 1 aromatic heterocycles. The zero-order valence-corrected chi connectivity index (χ0v) is 13.5. The molecule has 21 heavy (non-hydrogen) atoms. The Labute approximate surface area is 127 Å². The molecule has 2 rings (SSSR count). The van der Waals surface area contributed by atoms with Gasteiger partial charge in [0, 0.05) is 30.9 Å². The van der Waals surface area contributed by atoms with Crippen LogP contribution in [0, 0.1) is 20.8 Å². The first kappa shape index (κ1) is 15.5. The number of benzene rings is 1. The smallest absolute Gasteiger partial charge is 0.133 e. The van der Waals surface area contributed by atoms with Crippen LogP contribution in [0.1, 0.15) is 34.9 Å². The summed E-state index contributed by atoms with van der Waals surface area (Å²) < 4.78 is 0. The fraction of sp³-hybridized carbons (Fsp3) is 0.389. The van der Waals surface area contributed by atoms with Gasteiger partial charge in [0.25, 0.3) is 0 Å². The minimum absolute atomic E-state index is 0.527. The molecule has 0 aliphatic carbocycles. The first-order valence-corrected chi connectivity index (χ1v) is 7.53. The number of hydrogen-bond donors (Lipinski definition) is 1. The minimum atomic E-state index is 0.527. The van der Waals surface area contributed by atoms with Crippen LogP contribution in [-0.2, 0) is 13.1 Å². The molecule has 3 nitrogen and oxygen atoms in total. The summed E-state index contributed by atoms with van der Waals surface area (Å²) in [5.41, 5.74) is 12.0. The van der Waals surface area contributed by atoms with Crippen LogP contribution < -0.4 is 10.6 Å². The minimum Gasteiger partial charge on any atom is -0.352 e. The molecule has 0 atom stereocenters.